The van der Waals surface area contributed by atoms with Crippen molar-refractivity contribution in [2.24, 2.45) is 14.1 Å². The zero-order chi connectivity index (χ0) is 25.3. The van der Waals surface area contributed by atoms with E-state index in [-0.39, 0.29) is 0 Å². The molecule has 36 heavy (non-hydrogen) atoms. The molecule has 2 heterocycles. The number of benzene rings is 2. The third-order valence-electron chi connectivity index (χ3n) is 6.52. The molecule has 4 heteroatoms. The number of anilines is 2. The topological polar surface area (TPSA) is 14.2 Å². The van der Waals surface area contributed by atoms with Gasteiger partial charge in [-0.2, -0.15) is 0 Å². The van der Waals surface area contributed by atoms with Gasteiger partial charge in [-0.3, -0.25) is 0 Å². The van der Waals surface area contributed by atoms with Crippen LogP contribution in [0.5, 0.6) is 0 Å². The zero-order valence-electron chi connectivity index (χ0n) is 21.8. The SMILES string of the molecule is CN(CCN(C)c1ccc(/C=C/c2cccc[n+]2C)cc1)c1ccc(/C=C/c2cccc[n+]2C)cc1. The fourth-order valence-corrected chi connectivity index (χ4v) is 4.02. The Kier molecular flexibility index (Phi) is 8.30. The summed E-state index contributed by atoms with van der Waals surface area (Å²) in [6.07, 6.45) is 12.7. The highest BCUT2D eigenvalue weighted by Gasteiger charge is 2.06. The van der Waals surface area contributed by atoms with Gasteiger partial charge in [0.1, 0.15) is 14.1 Å². The monoisotopic (exact) mass is 476 g/mol. The molecule has 0 aliphatic heterocycles. The van der Waals surface area contributed by atoms with Gasteiger partial charge in [0, 0.05) is 75.0 Å². The van der Waals surface area contributed by atoms with Gasteiger partial charge in [-0.05, 0) is 59.7 Å². The summed E-state index contributed by atoms with van der Waals surface area (Å²) in [6.45, 7) is 1.88. The molecule has 0 spiro atoms. The van der Waals surface area contributed by atoms with Crippen LogP contribution in [0.25, 0.3) is 24.3 Å². The fraction of sp³-hybridized carbons (Fsp3) is 0.188. The molecule has 0 N–H and O–H groups in total. The van der Waals surface area contributed by atoms with E-state index in [1.54, 1.807) is 0 Å². The summed E-state index contributed by atoms with van der Waals surface area (Å²) >= 11 is 0. The molecular formula is C32H36N4+2. The number of aryl methyl sites for hydroxylation is 2. The Morgan fingerprint density at radius 2 is 0.917 bits per heavy atom. The average molecular weight is 477 g/mol. The number of nitrogens with zero attached hydrogens (tertiary/aromatic N) is 4. The van der Waals surface area contributed by atoms with E-state index < -0.39 is 0 Å². The summed E-state index contributed by atoms with van der Waals surface area (Å²) in [5.74, 6) is 0. The molecule has 4 nitrogen and oxygen atoms in total. The Labute approximate surface area is 215 Å². The molecule has 2 aromatic carbocycles. The Balaban J connectivity index is 1.29. The van der Waals surface area contributed by atoms with Crippen molar-refractivity contribution < 1.29 is 9.13 Å². The first-order valence-electron chi connectivity index (χ1n) is 12.4. The first-order chi connectivity index (χ1) is 17.5. The molecule has 0 aliphatic carbocycles. The second-order valence-electron chi connectivity index (χ2n) is 9.17. The van der Waals surface area contributed by atoms with Gasteiger partial charge in [0.25, 0.3) is 0 Å². The van der Waals surface area contributed by atoms with Gasteiger partial charge in [-0.15, -0.1) is 0 Å². The van der Waals surface area contributed by atoms with E-state index in [2.05, 4.69) is 157 Å². The van der Waals surface area contributed by atoms with Gasteiger partial charge in [-0.1, -0.05) is 24.3 Å². The first kappa shape index (κ1) is 24.9. The van der Waals surface area contributed by atoms with E-state index in [9.17, 15) is 0 Å². The van der Waals surface area contributed by atoms with Crippen LogP contribution in [0.4, 0.5) is 11.4 Å². The van der Waals surface area contributed by atoms with Crippen molar-refractivity contribution in [2.75, 3.05) is 37.0 Å². The summed E-state index contributed by atoms with van der Waals surface area (Å²) < 4.78 is 4.23. The van der Waals surface area contributed by atoms with Gasteiger partial charge >= 0.3 is 0 Å². The van der Waals surface area contributed by atoms with Crippen molar-refractivity contribution in [3.05, 3.63) is 120 Å². The molecule has 0 aliphatic rings. The van der Waals surface area contributed by atoms with Crippen LogP contribution in [-0.4, -0.2) is 27.2 Å². The maximum atomic E-state index is 2.30. The van der Waals surface area contributed by atoms with Gasteiger partial charge in [-0.25, -0.2) is 9.13 Å². The second-order valence-corrected chi connectivity index (χ2v) is 9.17. The van der Waals surface area contributed by atoms with Gasteiger partial charge in [0.15, 0.2) is 12.4 Å². The number of hydrogen-bond acceptors (Lipinski definition) is 2. The Morgan fingerprint density at radius 3 is 1.28 bits per heavy atom. The molecule has 0 amide bonds. The molecule has 2 aromatic heterocycles. The predicted molar refractivity (Wildman–Crippen MR) is 153 cm³/mol. The first-order valence-corrected chi connectivity index (χ1v) is 12.4. The number of hydrogen-bond donors (Lipinski definition) is 0. The van der Waals surface area contributed by atoms with Crippen LogP contribution in [0.3, 0.4) is 0 Å². The van der Waals surface area contributed by atoms with E-state index in [4.69, 9.17) is 0 Å². The highest BCUT2D eigenvalue weighted by atomic mass is 15.2. The van der Waals surface area contributed by atoms with Gasteiger partial charge in [0.2, 0.25) is 11.4 Å². The van der Waals surface area contributed by atoms with Crippen molar-refractivity contribution in [2.45, 2.75) is 0 Å². The van der Waals surface area contributed by atoms with Gasteiger partial charge < -0.3 is 9.80 Å². The fourth-order valence-electron chi connectivity index (χ4n) is 4.02. The highest BCUT2D eigenvalue weighted by molar-refractivity contribution is 5.69. The lowest BCUT2D eigenvalue weighted by molar-refractivity contribution is -0.673. The lowest BCUT2D eigenvalue weighted by atomic mass is 10.1. The van der Waals surface area contributed by atoms with Crippen LogP contribution in [0.1, 0.15) is 22.5 Å². The van der Waals surface area contributed by atoms with Crippen LogP contribution in [0.2, 0.25) is 0 Å². The third kappa shape index (κ3) is 6.70. The Morgan fingerprint density at radius 1 is 0.528 bits per heavy atom. The molecule has 182 valence electrons. The van der Waals surface area contributed by atoms with Crippen molar-refractivity contribution in [3.63, 3.8) is 0 Å². The molecule has 4 rings (SSSR count). The third-order valence-corrected chi connectivity index (χ3v) is 6.52. The van der Waals surface area contributed by atoms with Crippen molar-refractivity contribution in [1.82, 2.24) is 0 Å². The molecule has 0 bridgehead atoms. The Hall–Kier alpha value is -4.18. The minimum Gasteiger partial charge on any atom is -0.373 e. The molecule has 0 saturated carbocycles. The average Bonchev–Trinajstić information content (AvgIpc) is 2.91. The van der Waals surface area contributed by atoms with E-state index >= 15 is 0 Å². The Bertz CT molecular complexity index is 1220. The molecular weight excluding hydrogens is 440 g/mol. The van der Waals surface area contributed by atoms with Crippen LogP contribution in [0, 0.1) is 0 Å². The molecule has 4 aromatic rings. The van der Waals surface area contributed by atoms with E-state index in [1.807, 2.05) is 12.1 Å². The number of aromatic nitrogens is 2. The summed E-state index contributed by atoms with van der Waals surface area (Å²) in [6, 6.07) is 29.9. The second kappa shape index (κ2) is 12.0. The van der Waals surface area contributed by atoms with Crippen LogP contribution >= 0.6 is 0 Å². The number of pyridine rings is 2. The summed E-state index contributed by atoms with van der Waals surface area (Å²) in [7, 11) is 8.43. The largest absolute Gasteiger partial charge is 0.373 e. The summed E-state index contributed by atoms with van der Waals surface area (Å²) in [4.78, 5) is 4.61. The minimum absolute atomic E-state index is 0.942. The van der Waals surface area contributed by atoms with E-state index in [1.165, 1.54) is 33.9 Å². The van der Waals surface area contributed by atoms with Crippen molar-refractivity contribution in [3.8, 4) is 0 Å². The maximum absolute atomic E-state index is 2.30. The van der Waals surface area contributed by atoms with Crippen molar-refractivity contribution >= 4 is 35.7 Å². The smallest absolute Gasteiger partial charge is 0.204 e. The van der Waals surface area contributed by atoms with E-state index in [0.717, 1.165) is 13.1 Å². The number of likely N-dealkylation sites (N-methyl/N-ethyl adjacent to an activating group) is 2. The van der Waals surface area contributed by atoms with E-state index in [0.29, 0.717) is 0 Å². The summed E-state index contributed by atoms with van der Waals surface area (Å²) in [5.41, 5.74) is 7.19. The lowest BCUT2D eigenvalue weighted by Gasteiger charge is -2.25. The quantitative estimate of drug-likeness (QED) is 0.306. The van der Waals surface area contributed by atoms with Crippen molar-refractivity contribution in [1.29, 1.82) is 0 Å². The molecule has 0 saturated heterocycles. The lowest BCUT2D eigenvalue weighted by Crippen LogP contribution is -2.30. The zero-order valence-corrected chi connectivity index (χ0v) is 21.8. The normalized spacial score (nSPS) is 11.3. The number of rotatable bonds is 9. The minimum atomic E-state index is 0.942. The molecule has 0 atom stereocenters. The molecule has 0 unspecified atom stereocenters. The molecule has 0 radical (unpaired) electrons. The maximum Gasteiger partial charge on any atom is 0.204 e. The van der Waals surface area contributed by atoms with Crippen LogP contribution < -0.4 is 18.9 Å². The summed E-state index contributed by atoms with van der Waals surface area (Å²) in [5, 5.41) is 0. The van der Waals surface area contributed by atoms with Gasteiger partial charge in [0.05, 0.1) is 0 Å². The predicted octanol–water partition coefficient (Wildman–Crippen LogP) is 5.25. The van der Waals surface area contributed by atoms with Crippen LogP contribution in [0.15, 0.2) is 97.3 Å². The van der Waals surface area contributed by atoms with Crippen LogP contribution in [-0.2, 0) is 14.1 Å². The standard InChI is InChI=1S/C32H36N4/c1-33-23-7-5-9-29(33)17-11-27-13-19-31(20-14-27)35(3)25-26-36(4)32-21-15-28(16-22-32)12-18-30-10-6-8-24-34(30)2/h5-24H,25-26H2,1-4H3/q+2. The molecule has 0 fully saturated rings. The highest BCUT2D eigenvalue weighted by Crippen LogP contribution is 2.18.